The lowest BCUT2D eigenvalue weighted by atomic mass is 9.67. The largest absolute Gasteiger partial charge is 0.380 e. The molecule has 1 atom stereocenters. The van der Waals surface area contributed by atoms with E-state index in [1.165, 1.54) is 44.1 Å². The molecule has 198 valence electrons. The summed E-state index contributed by atoms with van der Waals surface area (Å²) in [5.74, 6) is 0.825. The fraction of sp³-hybridized carbons (Fsp3) is 0.643. The molecule has 4 aliphatic rings. The second-order valence-corrected chi connectivity index (χ2v) is 11.6. The number of piperazine rings is 1. The number of nitrogens with zero attached hydrogens (tertiary/aromatic N) is 5. The number of hydrogen-bond donors (Lipinski definition) is 2. The van der Waals surface area contributed by atoms with Crippen molar-refractivity contribution in [2.45, 2.75) is 82.3 Å². The Kier molecular flexibility index (Phi) is 6.42. The highest BCUT2D eigenvalue weighted by atomic mass is 16.3. The molecule has 1 spiro atoms. The average molecular weight is 507 g/mol. The molecule has 9 heteroatoms. The number of fused-ring (bicyclic) bond motifs is 1. The quantitative estimate of drug-likeness (QED) is 0.663. The first kappa shape index (κ1) is 24.4. The van der Waals surface area contributed by atoms with Gasteiger partial charge in [0.1, 0.15) is 11.9 Å². The van der Waals surface area contributed by atoms with Crippen molar-refractivity contribution in [2.24, 2.45) is 5.41 Å². The van der Waals surface area contributed by atoms with Crippen molar-refractivity contribution in [3.05, 3.63) is 47.5 Å². The summed E-state index contributed by atoms with van der Waals surface area (Å²) in [6.45, 7) is 1.93. The molecular formula is C28H38N6O3. The van der Waals surface area contributed by atoms with Gasteiger partial charge in [0.25, 0.3) is 11.8 Å². The molecule has 2 amide bonds. The minimum atomic E-state index is -1.14. The molecule has 2 aliphatic heterocycles. The Morgan fingerprint density at radius 2 is 1.49 bits per heavy atom. The summed E-state index contributed by atoms with van der Waals surface area (Å²) >= 11 is 0. The van der Waals surface area contributed by atoms with Crippen molar-refractivity contribution in [1.29, 1.82) is 0 Å². The molecule has 2 aliphatic carbocycles. The second-order valence-electron chi connectivity index (χ2n) is 11.6. The standard InChI is InChI=1S/C28H38N6O3/c35-25(32-15-17-33(18-16-32)26(36)28(37)13-14-28)22-9-7-21(8-10-22)24-27(11-5-3-1-2-4-6-12-27)19-23-30-29-20-34(23)31-24/h7-10,20,24,31,37H,1-6,11-19H2. The SMILES string of the molecule is O=C(c1ccc(C2Nn3cnnc3CC23CCCCCCCC3)cc1)N1CCN(C(=O)C2(O)CC2)CC1. The molecule has 2 N–H and O–H groups in total. The van der Waals surface area contributed by atoms with Gasteiger partial charge in [-0.2, -0.15) is 0 Å². The fourth-order valence-corrected chi connectivity index (χ4v) is 6.60. The van der Waals surface area contributed by atoms with E-state index < -0.39 is 5.60 Å². The van der Waals surface area contributed by atoms with E-state index >= 15 is 0 Å². The van der Waals surface area contributed by atoms with Gasteiger partial charge in [-0.1, -0.05) is 50.7 Å². The van der Waals surface area contributed by atoms with Gasteiger partial charge in [0.2, 0.25) is 0 Å². The molecule has 2 aromatic rings. The summed E-state index contributed by atoms with van der Waals surface area (Å²) in [6, 6.07) is 8.26. The van der Waals surface area contributed by atoms with Crippen molar-refractivity contribution in [2.75, 3.05) is 31.6 Å². The molecule has 0 bridgehead atoms. The van der Waals surface area contributed by atoms with Gasteiger partial charge >= 0.3 is 0 Å². The molecule has 1 unspecified atom stereocenters. The number of benzene rings is 1. The third kappa shape index (κ3) is 4.74. The molecule has 3 fully saturated rings. The minimum Gasteiger partial charge on any atom is -0.380 e. The highest BCUT2D eigenvalue weighted by Gasteiger charge is 2.50. The Morgan fingerprint density at radius 1 is 0.865 bits per heavy atom. The van der Waals surface area contributed by atoms with E-state index in [1.807, 2.05) is 21.7 Å². The van der Waals surface area contributed by atoms with Gasteiger partial charge in [-0.3, -0.25) is 9.59 Å². The van der Waals surface area contributed by atoms with Gasteiger partial charge in [-0.05, 0) is 43.4 Å². The van der Waals surface area contributed by atoms with E-state index in [2.05, 4.69) is 27.8 Å². The van der Waals surface area contributed by atoms with E-state index in [9.17, 15) is 14.7 Å². The molecule has 3 heterocycles. The predicted octanol–water partition coefficient (Wildman–Crippen LogP) is 3.05. The van der Waals surface area contributed by atoms with Gasteiger partial charge < -0.3 is 20.3 Å². The Labute approximate surface area is 218 Å². The molecule has 1 aromatic heterocycles. The van der Waals surface area contributed by atoms with Crippen LogP contribution < -0.4 is 5.43 Å². The van der Waals surface area contributed by atoms with Gasteiger partial charge in [-0.15, -0.1) is 10.2 Å². The average Bonchev–Trinajstić information content (AvgIpc) is 3.48. The highest BCUT2D eigenvalue weighted by Crippen LogP contribution is 2.49. The van der Waals surface area contributed by atoms with Crippen LogP contribution >= 0.6 is 0 Å². The van der Waals surface area contributed by atoms with Crippen LogP contribution in [0.3, 0.4) is 0 Å². The summed E-state index contributed by atoms with van der Waals surface area (Å²) in [4.78, 5) is 29.2. The number of nitrogens with one attached hydrogen (secondary N) is 1. The summed E-state index contributed by atoms with van der Waals surface area (Å²) in [6.07, 6.45) is 13.8. The van der Waals surface area contributed by atoms with Crippen LogP contribution in [0.1, 0.15) is 92.0 Å². The molecule has 9 nitrogen and oxygen atoms in total. The second kappa shape index (κ2) is 9.74. The van der Waals surface area contributed by atoms with E-state index in [0.717, 1.165) is 25.1 Å². The first-order chi connectivity index (χ1) is 18.0. The summed E-state index contributed by atoms with van der Waals surface area (Å²) < 4.78 is 1.97. The van der Waals surface area contributed by atoms with Crippen LogP contribution in [0.25, 0.3) is 0 Å². The van der Waals surface area contributed by atoms with Crippen molar-refractivity contribution in [3.8, 4) is 0 Å². The lowest BCUT2D eigenvalue weighted by Gasteiger charge is -2.45. The lowest BCUT2D eigenvalue weighted by Crippen LogP contribution is -2.53. The highest BCUT2D eigenvalue weighted by molar-refractivity contribution is 5.94. The molecule has 1 aromatic carbocycles. The number of rotatable bonds is 3. The normalized spacial score (nSPS) is 24.8. The van der Waals surface area contributed by atoms with Crippen molar-refractivity contribution in [1.82, 2.24) is 24.7 Å². The Morgan fingerprint density at radius 3 is 2.14 bits per heavy atom. The van der Waals surface area contributed by atoms with Crippen molar-refractivity contribution in [3.63, 3.8) is 0 Å². The summed E-state index contributed by atoms with van der Waals surface area (Å²) in [5, 5.41) is 18.7. The number of aliphatic hydroxyl groups is 1. The van der Waals surface area contributed by atoms with E-state index in [1.54, 1.807) is 11.2 Å². The monoisotopic (exact) mass is 506 g/mol. The third-order valence-electron chi connectivity index (χ3n) is 9.08. The fourth-order valence-electron chi connectivity index (χ4n) is 6.60. The molecule has 1 saturated heterocycles. The smallest absolute Gasteiger partial charge is 0.254 e. The number of aromatic nitrogens is 3. The molecule has 0 radical (unpaired) electrons. The van der Waals surface area contributed by atoms with Crippen LogP contribution in [0.4, 0.5) is 0 Å². The maximum Gasteiger partial charge on any atom is 0.254 e. The van der Waals surface area contributed by atoms with Gasteiger partial charge in [0, 0.05) is 43.6 Å². The molecular weight excluding hydrogens is 468 g/mol. The topological polar surface area (TPSA) is 104 Å². The van der Waals surface area contributed by atoms with Gasteiger partial charge in [0.15, 0.2) is 5.82 Å². The minimum absolute atomic E-state index is 0.00126. The molecule has 2 saturated carbocycles. The van der Waals surface area contributed by atoms with Gasteiger partial charge in [-0.25, -0.2) is 4.68 Å². The Bertz CT molecular complexity index is 1120. The first-order valence-corrected chi connectivity index (χ1v) is 14.0. The van der Waals surface area contributed by atoms with Crippen LogP contribution in [-0.4, -0.2) is 73.4 Å². The predicted molar refractivity (Wildman–Crippen MR) is 138 cm³/mol. The number of hydrogen-bond acceptors (Lipinski definition) is 6. The number of carbonyl (C=O) groups is 2. The first-order valence-electron chi connectivity index (χ1n) is 14.0. The van der Waals surface area contributed by atoms with Crippen LogP contribution in [0.5, 0.6) is 0 Å². The zero-order valence-corrected chi connectivity index (χ0v) is 21.6. The third-order valence-corrected chi connectivity index (χ3v) is 9.08. The molecule has 37 heavy (non-hydrogen) atoms. The van der Waals surface area contributed by atoms with E-state index in [0.29, 0.717) is 44.6 Å². The molecule has 6 rings (SSSR count). The Hall–Kier alpha value is -2.94. The maximum absolute atomic E-state index is 13.3. The summed E-state index contributed by atoms with van der Waals surface area (Å²) in [7, 11) is 0. The van der Waals surface area contributed by atoms with Crippen LogP contribution in [0.15, 0.2) is 30.6 Å². The van der Waals surface area contributed by atoms with Crippen molar-refractivity contribution >= 4 is 11.8 Å². The zero-order chi connectivity index (χ0) is 25.5. The lowest BCUT2D eigenvalue weighted by molar-refractivity contribution is -0.143. The van der Waals surface area contributed by atoms with Crippen LogP contribution in [-0.2, 0) is 11.2 Å². The Balaban J connectivity index is 1.17. The van der Waals surface area contributed by atoms with E-state index in [4.69, 9.17) is 0 Å². The number of carbonyl (C=O) groups excluding carboxylic acids is 2. The summed E-state index contributed by atoms with van der Waals surface area (Å²) in [5.41, 5.74) is 4.53. The maximum atomic E-state index is 13.3. The van der Waals surface area contributed by atoms with Crippen LogP contribution in [0, 0.1) is 5.41 Å². The van der Waals surface area contributed by atoms with E-state index in [-0.39, 0.29) is 23.3 Å². The van der Waals surface area contributed by atoms with Crippen LogP contribution in [0.2, 0.25) is 0 Å². The zero-order valence-electron chi connectivity index (χ0n) is 21.6. The van der Waals surface area contributed by atoms with Crippen molar-refractivity contribution < 1.29 is 14.7 Å². The van der Waals surface area contributed by atoms with Gasteiger partial charge in [0.05, 0.1) is 6.04 Å². The number of amides is 2.